The van der Waals surface area contributed by atoms with E-state index in [1.54, 1.807) is 31.1 Å². The van der Waals surface area contributed by atoms with Gasteiger partial charge in [0.05, 0.1) is 0 Å². The van der Waals surface area contributed by atoms with Crippen molar-refractivity contribution in [1.82, 2.24) is 14.2 Å². The summed E-state index contributed by atoms with van der Waals surface area (Å²) < 4.78 is 27.8. The standard InChI is InChI=1S/C11H21N3O2S2/c1-12-8-10-7-11(9-13(10)2)18(15,16)14(3)5-6-17-4/h7,9,12H,5-6,8H2,1-4H3. The first-order valence-corrected chi connectivity index (χ1v) is 8.52. The molecule has 1 rings (SSSR count). The van der Waals surface area contributed by atoms with Crippen molar-refractivity contribution in [3.05, 3.63) is 18.0 Å². The molecule has 0 aliphatic carbocycles. The molecule has 5 nitrogen and oxygen atoms in total. The van der Waals surface area contributed by atoms with Crippen LogP contribution < -0.4 is 5.32 Å². The van der Waals surface area contributed by atoms with E-state index in [2.05, 4.69) is 5.32 Å². The number of rotatable bonds is 7. The van der Waals surface area contributed by atoms with Gasteiger partial charge in [0.25, 0.3) is 0 Å². The van der Waals surface area contributed by atoms with Crippen molar-refractivity contribution in [1.29, 1.82) is 0 Å². The lowest BCUT2D eigenvalue weighted by Gasteiger charge is -2.15. The molecule has 1 aromatic rings. The number of aromatic nitrogens is 1. The van der Waals surface area contributed by atoms with Gasteiger partial charge < -0.3 is 9.88 Å². The first-order chi connectivity index (χ1) is 8.43. The Kier molecular flexibility index (Phi) is 5.71. The van der Waals surface area contributed by atoms with Gasteiger partial charge in [0.15, 0.2) is 0 Å². The molecule has 0 saturated heterocycles. The zero-order valence-electron chi connectivity index (χ0n) is 11.3. The van der Waals surface area contributed by atoms with Crippen LogP contribution in [-0.4, -0.2) is 49.9 Å². The van der Waals surface area contributed by atoms with Gasteiger partial charge in [-0.1, -0.05) is 0 Å². The maximum atomic E-state index is 12.3. The first kappa shape index (κ1) is 15.6. The lowest BCUT2D eigenvalue weighted by Crippen LogP contribution is -2.28. The maximum absolute atomic E-state index is 12.3. The molecule has 1 heterocycles. The van der Waals surface area contributed by atoms with Crippen molar-refractivity contribution in [3.8, 4) is 0 Å². The van der Waals surface area contributed by atoms with E-state index < -0.39 is 10.0 Å². The molecule has 0 aliphatic rings. The molecule has 1 N–H and O–H groups in total. The molecular weight excluding hydrogens is 270 g/mol. The van der Waals surface area contributed by atoms with E-state index in [1.807, 2.05) is 24.9 Å². The van der Waals surface area contributed by atoms with Gasteiger partial charge in [0.2, 0.25) is 10.0 Å². The summed E-state index contributed by atoms with van der Waals surface area (Å²) in [7, 11) is 1.96. The van der Waals surface area contributed by atoms with Gasteiger partial charge in [-0.15, -0.1) is 0 Å². The minimum atomic E-state index is -3.36. The summed E-state index contributed by atoms with van der Waals surface area (Å²) >= 11 is 1.64. The largest absolute Gasteiger partial charge is 0.352 e. The first-order valence-electron chi connectivity index (χ1n) is 5.68. The van der Waals surface area contributed by atoms with Crippen LogP contribution in [-0.2, 0) is 23.6 Å². The quantitative estimate of drug-likeness (QED) is 0.804. The fraction of sp³-hybridized carbons (Fsp3) is 0.636. The smallest absolute Gasteiger partial charge is 0.244 e. The Hall–Kier alpha value is -0.500. The Labute approximate surface area is 114 Å². The molecule has 0 radical (unpaired) electrons. The van der Waals surface area contributed by atoms with Crippen molar-refractivity contribution < 1.29 is 8.42 Å². The van der Waals surface area contributed by atoms with Crippen LogP contribution in [0.2, 0.25) is 0 Å². The highest BCUT2D eigenvalue weighted by Crippen LogP contribution is 2.17. The third-order valence-corrected chi connectivity index (χ3v) is 5.17. The normalized spacial score (nSPS) is 12.3. The zero-order valence-corrected chi connectivity index (χ0v) is 12.9. The highest BCUT2D eigenvalue weighted by Gasteiger charge is 2.22. The van der Waals surface area contributed by atoms with Gasteiger partial charge in [-0.2, -0.15) is 11.8 Å². The topological polar surface area (TPSA) is 54.3 Å². The fourth-order valence-corrected chi connectivity index (χ4v) is 3.43. The number of hydrogen-bond acceptors (Lipinski definition) is 4. The minimum Gasteiger partial charge on any atom is -0.352 e. The van der Waals surface area contributed by atoms with Crippen molar-refractivity contribution in [3.63, 3.8) is 0 Å². The van der Waals surface area contributed by atoms with E-state index in [4.69, 9.17) is 0 Å². The molecule has 104 valence electrons. The van der Waals surface area contributed by atoms with Gasteiger partial charge in [0, 0.05) is 44.8 Å². The lowest BCUT2D eigenvalue weighted by molar-refractivity contribution is 0.488. The molecular formula is C11H21N3O2S2. The number of nitrogens with zero attached hydrogens (tertiary/aromatic N) is 2. The van der Waals surface area contributed by atoms with Gasteiger partial charge in [0.1, 0.15) is 4.90 Å². The highest BCUT2D eigenvalue weighted by molar-refractivity contribution is 7.98. The molecule has 0 unspecified atom stereocenters. The zero-order chi connectivity index (χ0) is 13.8. The monoisotopic (exact) mass is 291 g/mol. The van der Waals surface area contributed by atoms with Gasteiger partial charge in [-0.3, -0.25) is 0 Å². The second kappa shape index (κ2) is 6.60. The molecule has 0 atom stereocenters. The van der Waals surface area contributed by atoms with Crippen LogP contribution in [0.4, 0.5) is 0 Å². The molecule has 1 aromatic heterocycles. The average molecular weight is 291 g/mol. The molecule has 0 aliphatic heterocycles. The summed E-state index contributed by atoms with van der Waals surface area (Å²) in [5, 5.41) is 3.02. The summed E-state index contributed by atoms with van der Waals surface area (Å²) in [6.07, 6.45) is 3.63. The molecule has 0 spiro atoms. The van der Waals surface area contributed by atoms with Crippen LogP contribution in [0.25, 0.3) is 0 Å². The van der Waals surface area contributed by atoms with Gasteiger partial charge in [-0.25, -0.2) is 12.7 Å². The molecule has 0 amide bonds. The molecule has 0 bridgehead atoms. The van der Waals surface area contributed by atoms with Crippen LogP contribution in [0, 0.1) is 0 Å². The third kappa shape index (κ3) is 3.50. The molecule has 7 heteroatoms. The van der Waals surface area contributed by atoms with Crippen LogP contribution in [0.15, 0.2) is 17.2 Å². The number of hydrogen-bond donors (Lipinski definition) is 1. The summed E-state index contributed by atoms with van der Waals surface area (Å²) in [6, 6.07) is 1.72. The van der Waals surface area contributed by atoms with Gasteiger partial charge >= 0.3 is 0 Å². The van der Waals surface area contributed by atoms with Gasteiger partial charge in [-0.05, 0) is 19.4 Å². The Bertz CT molecular complexity index is 482. The van der Waals surface area contributed by atoms with E-state index in [0.717, 1.165) is 11.4 Å². The van der Waals surface area contributed by atoms with Crippen molar-refractivity contribution in [2.24, 2.45) is 7.05 Å². The SMILES string of the molecule is CNCc1cc(S(=O)(=O)N(C)CCSC)cn1C. The minimum absolute atomic E-state index is 0.360. The van der Waals surface area contributed by atoms with Crippen molar-refractivity contribution in [2.75, 3.05) is 32.6 Å². The summed E-state index contributed by atoms with van der Waals surface area (Å²) in [6.45, 7) is 1.18. The lowest BCUT2D eigenvalue weighted by atomic mass is 10.4. The van der Waals surface area contributed by atoms with Crippen LogP contribution in [0.5, 0.6) is 0 Å². The second-order valence-corrected chi connectivity index (χ2v) is 7.16. The predicted octanol–water partition coefficient (Wildman–Crippen LogP) is 0.728. The summed E-state index contributed by atoms with van der Waals surface area (Å²) in [4.78, 5) is 0.360. The van der Waals surface area contributed by atoms with Crippen LogP contribution in [0.3, 0.4) is 0 Å². The highest BCUT2D eigenvalue weighted by atomic mass is 32.2. The number of thioether (sulfide) groups is 1. The second-order valence-electron chi connectivity index (χ2n) is 4.13. The average Bonchev–Trinajstić information content (AvgIpc) is 2.69. The van der Waals surface area contributed by atoms with Crippen LogP contribution in [0.1, 0.15) is 5.69 Å². The van der Waals surface area contributed by atoms with Crippen LogP contribution >= 0.6 is 11.8 Å². The van der Waals surface area contributed by atoms with E-state index in [0.29, 0.717) is 18.0 Å². The van der Waals surface area contributed by atoms with Crippen molar-refractivity contribution >= 4 is 21.8 Å². The Morgan fingerprint density at radius 2 is 2.17 bits per heavy atom. The number of aryl methyl sites for hydroxylation is 1. The van der Waals surface area contributed by atoms with Crippen molar-refractivity contribution in [2.45, 2.75) is 11.4 Å². The van der Waals surface area contributed by atoms with E-state index in [9.17, 15) is 8.42 Å². The maximum Gasteiger partial charge on any atom is 0.244 e. The Morgan fingerprint density at radius 1 is 1.50 bits per heavy atom. The Morgan fingerprint density at radius 3 is 2.72 bits per heavy atom. The molecule has 0 saturated carbocycles. The number of nitrogens with one attached hydrogen (secondary N) is 1. The Balaban J connectivity index is 2.94. The molecule has 0 fully saturated rings. The van der Waals surface area contributed by atoms with E-state index in [1.165, 1.54) is 4.31 Å². The molecule has 18 heavy (non-hydrogen) atoms. The fourth-order valence-electron chi connectivity index (χ4n) is 1.59. The summed E-state index contributed by atoms with van der Waals surface area (Å²) in [5.74, 6) is 0.798. The predicted molar refractivity (Wildman–Crippen MR) is 76.4 cm³/mol. The third-order valence-electron chi connectivity index (χ3n) is 2.76. The van der Waals surface area contributed by atoms with E-state index in [-0.39, 0.29) is 0 Å². The summed E-state index contributed by atoms with van der Waals surface area (Å²) in [5.41, 5.74) is 0.953. The molecule has 0 aromatic carbocycles. The number of sulfonamides is 1. The van der Waals surface area contributed by atoms with E-state index >= 15 is 0 Å².